The molecular weight excluding hydrogens is 373 g/mol. The van der Waals surface area contributed by atoms with Crippen molar-refractivity contribution in [2.45, 2.75) is 12.4 Å². The number of amidine groups is 2. The van der Waals surface area contributed by atoms with Crippen LogP contribution in [0.1, 0.15) is 11.1 Å². The molecule has 0 bridgehead atoms. The summed E-state index contributed by atoms with van der Waals surface area (Å²) in [6, 6.07) is 15.9. The summed E-state index contributed by atoms with van der Waals surface area (Å²) in [5, 5.41) is 8.26. The minimum Gasteiger partial charge on any atom is -0.492 e. The lowest BCUT2D eigenvalue weighted by Crippen LogP contribution is -2.31. The molecule has 1 aliphatic heterocycles. The Hall–Kier alpha value is -3.07. The van der Waals surface area contributed by atoms with Crippen LogP contribution in [0.2, 0.25) is 0 Å². The van der Waals surface area contributed by atoms with Crippen molar-refractivity contribution < 1.29 is 22.7 Å². The van der Waals surface area contributed by atoms with Crippen molar-refractivity contribution in [2.24, 2.45) is 4.99 Å². The molecule has 28 heavy (non-hydrogen) atoms. The van der Waals surface area contributed by atoms with E-state index in [9.17, 15) is 13.2 Å². The minimum absolute atomic E-state index is 0.00465. The van der Waals surface area contributed by atoms with Crippen molar-refractivity contribution >= 4 is 11.7 Å². The Morgan fingerprint density at radius 2 is 1.86 bits per heavy atom. The number of hydrogen-bond acceptors (Lipinski definition) is 5. The summed E-state index contributed by atoms with van der Waals surface area (Å²) < 4.78 is 43.4. The van der Waals surface area contributed by atoms with E-state index >= 15 is 0 Å². The molecule has 2 aromatic rings. The lowest BCUT2D eigenvalue weighted by atomic mass is 10.1. The molecule has 2 N–H and O–H groups in total. The normalized spacial score (nSPS) is 16.3. The van der Waals surface area contributed by atoms with Gasteiger partial charge in [0, 0.05) is 18.2 Å². The van der Waals surface area contributed by atoms with E-state index in [1.807, 2.05) is 30.3 Å². The number of aliphatic imine (C=N–C) groups is 1. The first-order valence-electron chi connectivity index (χ1n) is 8.49. The molecule has 1 atom stereocenters. The van der Waals surface area contributed by atoms with Crippen LogP contribution >= 0.6 is 0 Å². The highest BCUT2D eigenvalue weighted by Gasteiger charge is 2.44. The molecule has 3 rings (SSSR count). The van der Waals surface area contributed by atoms with Crippen LogP contribution in [-0.2, 0) is 4.84 Å². The number of hydrogen-bond donors (Lipinski definition) is 2. The molecule has 0 fully saturated rings. The van der Waals surface area contributed by atoms with Crippen molar-refractivity contribution in [3.05, 3.63) is 65.7 Å². The van der Waals surface area contributed by atoms with E-state index in [1.165, 1.54) is 0 Å². The second-order valence-corrected chi connectivity index (χ2v) is 6.10. The Labute approximate surface area is 160 Å². The van der Waals surface area contributed by atoms with Crippen molar-refractivity contribution in [3.8, 4) is 5.75 Å². The number of hydroxylamine groups is 1. The van der Waals surface area contributed by atoms with Crippen LogP contribution < -0.4 is 10.2 Å². The number of rotatable bonds is 6. The van der Waals surface area contributed by atoms with Gasteiger partial charge >= 0.3 is 6.18 Å². The van der Waals surface area contributed by atoms with Gasteiger partial charge in [-0.1, -0.05) is 42.5 Å². The maximum absolute atomic E-state index is 12.6. The number of nitrogens with one attached hydrogen (secondary N) is 2. The Morgan fingerprint density at radius 3 is 2.46 bits per heavy atom. The van der Waals surface area contributed by atoms with E-state index in [0.29, 0.717) is 24.3 Å². The highest BCUT2D eigenvalue weighted by Crippen LogP contribution is 2.26. The third-order valence-corrected chi connectivity index (χ3v) is 4.05. The monoisotopic (exact) mass is 392 g/mol. The number of benzene rings is 2. The first-order valence-corrected chi connectivity index (χ1v) is 8.49. The second-order valence-electron chi connectivity index (χ2n) is 6.10. The molecule has 0 saturated heterocycles. The van der Waals surface area contributed by atoms with Gasteiger partial charge in [-0.3, -0.25) is 5.41 Å². The number of nitrogens with zero attached hydrogens (tertiary/aromatic N) is 2. The van der Waals surface area contributed by atoms with E-state index in [4.69, 9.17) is 10.1 Å². The van der Waals surface area contributed by atoms with E-state index in [0.717, 1.165) is 5.75 Å². The predicted molar refractivity (Wildman–Crippen MR) is 98.4 cm³/mol. The van der Waals surface area contributed by atoms with Crippen LogP contribution in [0.25, 0.3) is 0 Å². The first-order chi connectivity index (χ1) is 13.3. The number of alkyl halides is 3. The molecule has 148 valence electrons. The second kappa shape index (κ2) is 8.30. The maximum Gasteiger partial charge on any atom is 0.437 e. The van der Waals surface area contributed by atoms with Gasteiger partial charge in [0.15, 0.2) is 5.84 Å². The van der Waals surface area contributed by atoms with Gasteiger partial charge in [-0.05, 0) is 12.1 Å². The average Bonchev–Trinajstić information content (AvgIpc) is 3.19. The summed E-state index contributed by atoms with van der Waals surface area (Å²) in [4.78, 5) is 9.65. The summed E-state index contributed by atoms with van der Waals surface area (Å²) >= 11 is 0. The average molecular weight is 392 g/mol. The smallest absolute Gasteiger partial charge is 0.437 e. The van der Waals surface area contributed by atoms with Gasteiger partial charge in [0.2, 0.25) is 0 Å². The molecule has 0 radical (unpaired) electrons. The molecule has 0 amide bonds. The maximum atomic E-state index is 12.6. The van der Waals surface area contributed by atoms with Gasteiger partial charge in [0.05, 0.1) is 6.54 Å². The Bertz CT molecular complexity index is 839. The molecule has 6 nitrogen and oxygen atoms in total. The molecule has 0 spiro atoms. The highest BCUT2D eigenvalue weighted by atomic mass is 19.4. The Balaban J connectivity index is 1.56. The van der Waals surface area contributed by atoms with Crippen LogP contribution in [0.15, 0.2) is 59.6 Å². The molecule has 2 aromatic carbocycles. The van der Waals surface area contributed by atoms with E-state index in [2.05, 4.69) is 15.3 Å². The molecular formula is C19H19F3N4O2. The van der Waals surface area contributed by atoms with Gasteiger partial charge in [-0.25, -0.2) is 15.3 Å². The number of halogens is 3. The van der Waals surface area contributed by atoms with E-state index in [1.54, 1.807) is 36.2 Å². The largest absolute Gasteiger partial charge is 0.492 e. The fourth-order valence-corrected chi connectivity index (χ4v) is 2.49. The first kappa shape index (κ1) is 19.7. The quantitative estimate of drug-likeness (QED) is 0.585. The zero-order chi connectivity index (χ0) is 20.1. The van der Waals surface area contributed by atoms with Crippen LogP contribution in [0.5, 0.6) is 5.75 Å². The van der Waals surface area contributed by atoms with Gasteiger partial charge < -0.3 is 9.64 Å². The lowest BCUT2D eigenvalue weighted by Gasteiger charge is -2.20. The summed E-state index contributed by atoms with van der Waals surface area (Å²) in [5.41, 5.74) is 3.26. The van der Waals surface area contributed by atoms with Gasteiger partial charge in [0.1, 0.15) is 18.2 Å². The molecule has 9 heteroatoms. The predicted octanol–water partition coefficient (Wildman–Crippen LogP) is 3.19. The fourth-order valence-electron chi connectivity index (χ4n) is 2.49. The highest BCUT2D eigenvalue weighted by molar-refractivity contribution is 6.01. The van der Waals surface area contributed by atoms with Crippen LogP contribution in [0.4, 0.5) is 13.2 Å². The number of likely N-dealkylation sites (N-methyl/N-ethyl adjacent to an activating group) is 1. The van der Waals surface area contributed by atoms with Gasteiger partial charge in [-0.15, -0.1) is 0 Å². The van der Waals surface area contributed by atoms with Crippen LogP contribution in [-0.4, -0.2) is 49.2 Å². The third-order valence-electron chi connectivity index (χ3n) is 4.05. The zero-order valence-corrected chi connectivity index (χ0v) is 15.0. The SMILES string of the molecule is CN(CCOc1ccccc1)C(=N)c1ccc(C2=NC(C(F)(F)F)ON2)cc1. The molecule has 1 aliphatic rings. The van der Waals surface area contributed by atoms with Crippen molar-refractivity contribution in [2.75, 3.05) is 20.2 Å². The zero-order valence-electron chi connectivity index (χ0n) is 15.0. The standard InChI is InChI=1S/C19H19F3N4O2/c1-26(11-12-27-15-5-3-2-4-6-15)16(23)13-7-9-14(10-8-13)17-24-18(28-25-17)19(20,21)22/h2-10,18,23H,11-12H2,1H3,(H,24,25). The molecule has 1 unspecified atom stereocenters. The summed E-state index contributed by atoms with van der Waals surface area (Å²) in [6.07, 6.45) is -6.78. The number of para-hydroxylation sites is 1. The summed E-state index contributed by atoms with van der Waals surface area (Å²) in [6.45, 7) is 0.919. The summed E-state index contributed by atoms with van der Waals surface area (Å²) in [7, 11) is 1.77. The van der Waals surface area contributed by atoms with Gasteiger partial charge in [0.25, 0.3) is 6.23 Å². The van der Waals surface area contributed by atoms with E-state index < -0.39 is 12.4 Å². The molecule has 0 saturated carbocycles. The molecule has 0 aliphatic carbocycles. The third kappa shape index (κ3) is 4.80. The fraction of sp³-hybridized carbons (Fsp3) is 0.263. The van der Waals surface area contributed by atoms with Crippen LogP contribution in [0.3, 0.4) is 0 Å². The van der Waals surface area contributed by atoms with Crippen molar-refractivity contribution in [1.29, 1.82) is 5.41 Å². The van der Waals surface area contributed by atoms with Gasteiger partial charge in [-0.2, -0.15) is 13.2 Å². The Morgan fingerprint density at radius 1 is 1.18 bits per heavy atom. The van der Waals surface area contributed by atoms with Crippen molar-refractivity contribution in [1.82, 2.24) is 10.4 Å². The Kier molecular flexibility index (Phi) is 5.84. The summed E-state index contributed by atoms with van der Waals surface area (Å²) in [5.74, 6) is 1.04. The van der Waals surface area contributed by atoms with E-state index in [-0.39, 0.29) is 11.7 Å². The van der Waals surface area contributed by atoms with Crippen LogP contribution in [0, 0.1) is 5.41 Å². The number of ether oxygens (including phenoxy) is 1. The topological polar surface area (TPSA) is 69.9 Å². The minimum atomic E-state index is -4.57. The van der Waals surface area contributed by atoms with Crippen molar-refractivity contribution in [3.63, 3.8) is 0 Å². The molecule has 1 heterocycles. The lowest BCUT2D eigenvalue weighted by molar-refractivity contribution is -0.220. The molecule has 0 aromatic heterocycles.